The quantitative estimate of drug-likeness (QED) is 0.818. The molecule has 0 radical (unpaired) electrons. The molecule has 22 heavy (non-hydrogen) atoms. The fourth-order valence-corrected chi connectivity index (χ4v) is 2.52. The van der Waals surface area contributed by atoms with Gasteiger partial charge in [0.15, 0.2) is 0 Å². The van der Waals surface area contributed by atoms with Crippen molar-refractivity contribution in [2.24, 2.45) is 0 Å². The van der Waals surface area contributed by atoms with Crippen molar-refractivity contribution in [2.45, 2.75) is 26.0 Å². The topological polar surface area (TPSA) is 55.8 Å². The van der Waals surface area contributed by atoms with Crippen molar-refractivity contribution in [3.05, 3.63) is 42.0 Å². The van der Waals surface area contributed by atoms with Crippen molar-refractivity contribution < 1.29 is 9.90 Å². The lowest BCUT2D eigenvalue weighted by Crippen LogP contribution is -2.44. The van der Waals surface area contributed by atoms with Crippen LogP contribution in [0.2, 0.25) is 0 Å². The maximum atomic E-state index is 12.0. The second kappa shape index (κ2) is 6.83. The molecule has 5 heteroatoms. The van der Waals surface area contributed by atoms with E-state index in [9.17, 15) is 9.90 Å². The Morgan fingerprint density at radius 3 is 2.68 bits per heavy atom. The van der Waals surface area contributed by atoms with Crippen molar-refractivity contribution >= 4 is 11.7 Å². The number of nitrogens with one attached hydrogen (secondary N) is 1. The van der Waals surface area contributed by atoms with E-state index in [0.29, 0.717) is 13.1 Å². The van der Waals surface area contributed by atoms with Gasteiger partial charge in [-0.15, -0.1) is 0 Å². The van der Waals surface area contributed by atoms with Crippen LogP contribution in [0, 0.1) is 0 Å². The summed E-state index contributed by atoms with van der Waals surface area (Å²) in [6.07, 6.45) is 4.31. The first-order valence-corrected chi connectivity index (χ1v) is 7.55. The molecule has 120 valence electrons. The first-order chi connectivity index (χ1) is 10.3. The number of amides is 2. The van der Waals surface area contributed by atoms with E-state index < -0.39 is 5.60 Å². The highest BCUT2D eigenvalue weighted by atomic mass is 16.3. The molecule has 5 nitrogen and oxygen atoms in total. The molecule has 0 aliphatic carbocycles. The molecule has 1 aliphatic rings. The molecule has 1 aliphatic heterocycles. The monoisotopic (exact) mass is 303 g/mol. The van der Waals surface area contributed by atoms with E-state index in [1.165, 1.54) is 10.6 Å². The van der Waals surface area contributed by atoms with Gasteiger partial charge in [-0.1, -0.05) is 24.3 Å². The van der Waals surface area contributed by atoms with E-state index >= 15 is 0 Å². The van der Waals surface area contributed by atoms with Crippen molar-refractivity contribution in [1.29, 1.82) is 0 Å². The number of benzene rings is 1. The number of carbonyl (C=O) groups excluding carboxylic acids is 1. The van der Waals surface area contributed by atoms with Crippen LogP contribution in [0.25, 0.3) is 0 Å². The molecule has 0 fully saturated rings. The van der Waals surface area contributed by atoms with E-state index in [-0.39, 0.29) is 6.03 Å². The maximum Gasteiger partial charge on any atom is 0.317 e. The van der Waals surface area contributed by atoms with Crippen LogP contribution in [0.15, 0.2) is 36.4 Å². The Morgan fingerprint density at radius 1 is 1.36 bits per heavy atom. The predicted octanol–water partition coefficient (Wildman–Crippen LogP) is 1.98. The Hall–Kier alpha value is -2.01. The van der Waals surface area contributed by atoms with Crippen LogP contribution in [-0.4, -0.2) is 48.3 Å². The molecule has 1 heterocycles. The number of likely N-dealkylation sites (N-methyl/N-ethyl adjacent to an activating group) is 1. The first-order valence-electron chi connectivity index (χ1n) is 7.55. The average Bonchev–Trinajstić information content (AvgIpc) is 2.97. The lowest BCUT2D eigenvalue weighted by atomic mass is 10.1. The zero-order valence-electron chi connectivity index (χ0n) is 13.5. The Morgan fingerprint density at radius 2 is 2.05 bits per heavy atom. The second-order valence-corrected chi connectivity index (χ2v) is 6.37. The fourth-order valence-electron chi connectivity index (χ4n) is 2.52. The number of hydrogen-bond acceptors (Lipinski definition) is 3. The van der Waals surface area contributed by atoms with E-state index in [1.54, 1.807) is 20.9 Å². The first kappa shape index (κ1) is 16.4. The largest absolute Gasteiger partial charge is 0.389 e. The standard InChI is InChI=1S/C17H25N3O2/c1-17(2,22)13-19(3)16(21)18-12-14-7-6-8-15(11-14)20-9-4-5-10-20/h4-8,11,22H,9-10,12-13H2,1-3H3,(H,18,21). The molecule has 0 atom stereocenters. The van der Waals surface area contributed by atoms with Gasteiger partial charge < -0.3 is 20.2 Å². The summed E-state index contributed by atoms with van der Waals surface area (Å²) in [6, 6.07) is 8.01. The normalized spacial score (nSPS) is 14.3. The van der Waals surface area contributed by atoms with Crippen molar-refractivity contribution in [3.63, 3.8) is 0 Å². The highest BCUT2D eigenvalue weighted by molar-refractivity contribution is 5.74. The molecule has 0 bridgehead atoms. The Bertz CT molecular complexity index is 541. The third-order valence-electron chi connectivity index (χ3n) is 3.51. The molecular formula is C17H25N3O2. The minimum absolute atomic E-state index is 0.185. The Balaban J connectivity index is 1.88. The number of hydrogen-bond donors (Lipinski definition) is 2. The summed E-state index contributed by atoms with van der Waals surface area (Å²) in [4.78, 5) is 15.8. The smallest absolute Gasteiger partial charge is 0.317 e. The summed E-state index contributed by atoms with van der Waals surface area (Å²) in [5, 5.41) is 12.6. The van der Waals surface area contributed by atoms with Gasteiger partial charge in [-0.25, -0.2) is 4.79 Å². The second-order valence-electron chi connectivity index (χ2n) is 6.37. The molecule has 0 unspecified atom stereocenters. The van der Waals surface area contributed by atoms with Crippen molar-refractivity contribution in [1.82, 2.24) is 10.2 Å². The minimum atomic E-state index is -0.894. The van der Waals surface area contributed by atoms with Gasteiger partial charge in [0.25, 0.3) is 0 Å². The number of anilines is 1. The molecule has 2 N–H and O–H groups in total. The van der Waals surface area contributed by atoms with E-state index in [1.807, 2.05) is 12.1 Å². The SMILES string of the molecule is CN(CC(C)(C)O)C(=O)NCc1cccc(N2CC=CC2)c1. The van der Waals surface area contributed by atoms with E-state index in [0.717, 1.165) is 18.7 Å². The molecule has 0 saturated heterocycles. The molecule has 0 spiro atoms. The lowest BCUT2D eigenvalue weighted by Gasteiger charge is -2.25. The average molecular weight is 303 g/mol. The molecule has 1 aromatic rings. The summed E-state index contributed by atoms with van der Waals surface area (Å²) in [5.41, 5.74) is 1.34. The summed E-state index contributed by atoms with van der Waals surface area (Å²) >= 11 is 0. The summed E-state index contributed by atoms with van der Waals surface area (Å²) in [5.74, 6) is 0. The van der Waals surface area contributed by atoms with Gasteiger partial charge in [0, 0.05) is 32.4 Å². The zero-order valence-corrected chi connectivity index (χ0v) is 13.5. The predicted molar refractivity (Wildman–Crippen MR) is 89.0 cm³/mol. The van der Waals surface area contributed by atoms with Crippen LogP contribution in [0.5, 0.6) is 0 Å². The Kier molecular flexibility index (Phi) is 5.08. The lowest BCUT2D eigenvalue weighted by molar-refractivity contribution is 0.0531. The van der Waals surface area contributed by atoms with E-state index in [4.69, 9.17) is 0 Å². The van der Waals surface area contributed by atoms with Gasteiger partial charge in [-0.2, -0.15) is 0 Å². The number of carbonyl (C=O) groups is 1. The van der Waals surface area contributed by atoms with Gasteiger partial charge in [0.1, 0.15) is 0 Å². The fraction of sp³-hybridized carbons (Fsp3) is 0.471. The van der Waals surface area contributed by atoms with Gasteiger partial charge in [-0.3, -0.25) is 0 Å². The van der Waals surface area contributed by atoms with Gasteiger partial charge in [-0.05, 0) is 31.5 Å². The highest BCUT2D eigenvalue weighted by Gasteiger charge is 2.19. The summed E-state index contributed by atoms with van der Waals surface area (Å²) < 4.78 is 0. The molecule has 2 amide bonds. The minimum Gasteiger partial charge on any atom is -0.389 e. The number of urea groups is 1. The van der Waals surface area contributed by atoms with Gasteiger partial charge in [0.2, 0.25) is 0 Å². The highest BCUT2D eigenvalue weighted by Crippen LogP contribution is 2.18. The third kappa shape index (κ3) is 4.77. The van der Waals surface area contributed by atoms with Crippen LogP contribution >= 0.6 is 0 Å². The number of rotatable bonds is 5. The summed E-state index contributed by atoms with van der Waals surface area (Å²) in [6.45, 7) is 6.01. The molecule has 1 aromatic carbocycles. The zero-order chi connectivity index (χ0) is 16.2. The molecule has 2 rings (SSSR count). The van der Waals surface area contributed by atoms with Crippen LogP contribution in [0.4, 0.5) is 10.5 Å². The van der Waals surface area contributed by atoms with Crippen LogP contribution in [0.1, 0.15) is 19.4 Å². The summed E-state index contributed by atoms with van der Waals surface area (Å²) in [7, 11) is 1.68. The number of aliphatic hydroxyl groups is 1. The third-order valence-corrected chi connectivity index (χ3v) is 3.51. The van der Waals surface area contributed by atoms with Crippen LogP contribution in [0.3, 0.4) is 0 Å². The van der Waals surface area contributed by atoms with E-state index in [2.05, 4.69) is 34.5 Å². The van der Waals surface area contributed by atoms with Crippen LogP contribution in [-0.2, 0) is 6.54 Å². The maximum absolute atomic E-state index is 12.0. The Labute approximate surface area is 132 Å². The van der Waals surface area contributed by atoms with Crippen molar-refractivity contribution in [2.75, 3.05) is 31.6 Å². The van der Waals surface area contributed by atoms with Gasteiger partial charge >= 0.3 is 6.03 Å². The van der Waals surface area contributed by atoms with Crippen molar-refractivity contribution in [3.8, 4) is 0 Å². The number of nitrogens with zero attached hydrogens (tertiary/aromatic N) is 2. The van der Waals surface area contributed by atoms with Crippen LogP contribution < -0.4 is 10.2 Å². The molecule has 0 aromatic heterocycles. The van der Waals surface area contributed by atoms with Gasteiger partial charge in [0.05, 0.1) is 12.1 Å². The molecular weight excluding hydrogens is 278 g/mol. The molecule has 0 saturated carbocycles.